The van der Waals surface area contributed by atoms with Gasteiger partial charge in [0.25, 0.3) is 0 Å². The molecule has 0 bridgehead atoms. The maximum atomic E-state index is 12.6. The predicted molar refractivity (Wildman–Crippen MR) is 117 cm³/mol. The Labute approximate surface area is 188 Å². The summed E-state index contributed by atoms with van der Waals surface area (Å²) < 4.78 is 10.8. The first kappa shape index (κ1) is 24.0. The first-order chi connectivity index (χ1) is 15.5. The van der Waals surface area contributed by atoms with Crippen molar-refractivity contribution >= 4 is 17.7 Å². The zero-order valence-corrected chi connectivity index (χ0v) is 18.4. The zero-order valence-electron chi connectivity index (χ0n) is 18.4. The van der Waals surface area contributed by atoms with Gasteiger partial charge in [0.2, 0.25) is 5.91 Å². The second-order valence-electron chi connectivity index (χ2n) is 8.37. The third-order valence-corrected chi connectivity index (χ3v) is 6.07. The number of amides is 1. The van der Waals surface area contributed by atoms with E-state index >= 15 is 0 Å². The summed E-state index contributed by atoms with van der Waals surface area (Å²) in [6, 6.07) is 5.21. The fourth-order valence-electron chi connectivity index (χ4n) is 3.98. The smallest absolute Gasteiger partial charge is 0.326 e. The van der Waals surface area contributed by atoms with E-state index in [4.69, 9.17) is 9.47 Å². The van der Waals surface area contributed by atoms with Gasteiger partial charge in [0.15, 0.2) is 0 Å². The van der Waals surface area contributed by atoms with Crippen LogP contribution in [-0.2, 0) is 31.9 Å². The molecule has 1 amide bonds. The number of ether oxygens (including phenoxy) is 2. The van der Waals surface area contributed by atoms with Crippen molar-refractivity contribution in [2.24, 2.45) is 5.41 Å². The molecule has 1 unspecified atom stereocenters. The number of carboxylic acid groups (broad SMARTS) is 1. The van der Waals surface area contributed by atoms with Crippen molar-refractivity contribution in [3.8, 4) is 6.07 Å². The Balaban J connectivity index is 1.34. The quantitative estimate of drug-likeness (QED) is 0.442. The number of rotatable bonds is 11. The topological polar surface area (TPSA) is 134 Å². The Morgan fingerprint density at radius 2 is 2.12 bits per heavy atom. The molecule has 0 spiro atoms. The van der Waals surface area contributed by atoms with E-state index < -0.39 is 23.3 Å². The summed E-state index contributed by atoms with van der Waals surface area (Å²) in [6.07, 6.45) is 5.55. The highest BCUT2D eigenvalue weighted by atomic mass is 16.5. The summed E-state index contributed by atoms with van der Waals surface area (Å²) >= 11 is 0. The van der Waals surface area contributed by atoms with Gasteiger partial charge in [-0.05, 0) is 56.6 Å². The molecule has 1 saturated heterocycles. The minimum Gasteiger partial charge on any atom is -0.480 e. The Morgan fingerprint density at radius 3 is 2.88 bits per heavy atom. The van der Waals surface area contributed by atoms with Crippen LogP contribution >= 0.6 is 0 Å². The van der Waals surface area contributed by atoms with Crippen molar-refractivity contribution in [3.63, 3.8) is 0 Å². The lowest BCUT2D eigenvalue weighted by Crippen LogP contribution is -2.50. The van der Waals surface area contributed by atoms with Crippen molar-refractivity contribution in [2.75, 3.05) is 38.3 Å². The van der Waals surface area contributed by atoms with E-state index in [2.05, 4.69) is 33.8 Å². The van der Waals surface area contributed by atoms with Gasteiger partial charge in [-0.2, -0.15) is 5.26 Å². The fraction of sp³-hybridized carbons (Fsp3) is 0.652. The van der Waals surface area contributed by atoms with Gasteiger partial charge in [-0.15, -0.1) is 0 Å². The summed E-state index contributed by atoms with van der Waals surface area (Å²) in [5.41, 5.74) is 1.12. The number of aryl methyl sites for hydroxylation is 2. The van der Waals surface area contributed by atoms with E-state index in [1.165, 1.54) is 5.56 Å². The van der Waals surface area contributed by atoms with Crippen LogP contribution in [0.1, 0.15) is 49.8 Å². The monoisotopic (exact) mass is 444 g/mol. The van der Waals surface area contributed by atoms with E-state index in [1.54, 1.807) is 0 Å². The van der Waals surface area contributed by atoms with E-state index in [1.807, 2.05) is 0 Å². The summed E-state index contributed by atoms with van der Waals surface area (Å²) in [5.74, 6) is -0.664. The molecule has 2 aliphatic heterocycles. The molecule has 3 heterocycles. The van der Waals surface area contributed by atoms with Gasteiger partial charge in [-0.3, -0.25) is 4.79 Å². The Hall–Kier alpha value is -2.70. The van der Waals surface area contributed by atoms with E-state index in [0.717, 1.165) is 50.2 Å². The SMILES string of the molecule is N#CC1(C(=O)NC(CCOCCCCc2ccc3c(n2)NCCC3)C(=O)O)CCOCC1. The lowest BCUT2D eigenvalue weighted by atomic mass is 9.80. The largest absolute Gasteiger partial charge is 0.480 e. The average molecular weight is 445 g/mol. The fourth-order valence-corrected chi connectivity index (χ4v) is 3.98. The van der Waals surface area contributed by atoms with Crippen LogP contribution in [0, 0.1) is 16.7 Å². The number of hydrogen-bond acceptors (Lipinski definition) is 7. The van der Waals surface area contributed by atoms with Crippen LogP contribution < -0.4 is 10.6 Å². The zero-order chi connectivity index (χ0) is 22.8. The summed E-state index contributed by atoms with van der Waals surface area (Å²) in [6.45, 7) is 2.35. The number of nitrogens with one attached hydrogen (secondary N) is 2. The second-order valence-corrected chi connectivity index (χ2v) is 8.37. The van der Waals surface area contributed by atoms with E-state index in [9.17, 15) is 20.0 Å². The highest BCUT2D eigenvalue weighted by molar-refractivity contribution is 5.89. The molecule has 3 rings (SSSR count). The van der Waals surface area contributed by atoms with Gasteiger partial charge in [0, 0.05) is 45.1 Å². The summed E-state index contributed by atoms with van der Waals surface area (Å²) in [4.78, 5) is 28.8. The van der Waals surface area contributed by atoms with E-state index in [0.29, 0.717) is 19.8 Å². The van der Waals surface area contributed by atoms with Gasteiger partial charge >= 0.3 is 5.97 Å². The number of unbranched alkanes of at least 4 members (excludes halogenated alkanes) is 1. The molecule has 1 atom stereocenters. The molecule has 32 heavy (non-hydrogen) atoms. The number of carbonyl (C=O) groups excluding carboxylic acids is 1. The van der Waals surface area contributed by atoms with Crippen LogP contribution in [-0.4, -0.2) is 61.0 Å². The van der Waals surface area contributed by atoms with Crippen molar-refractivity contribution in [2.45, 2.75) is 57.4 Å². The second kappa shape index (κ2) is 11.8. The first-order valence-electron chi connectivity index (χ1n) is 11.4. The highest BCUT2D eigenvalue weighted by Gasteiger charge is 2.41. The third kappa shape index (κ3) is 6.40. The van der Waals surface area contributed by atoms with Gasteiger partial charge in [0.1, 0.15) is 17.3 Å². The molecule has 0 aromatic carbocycles. The van der Waals surface area contributed by atoms with Crippen molar-refractivity contribution in [3.05, 3.63) is 23.4 Å². The molecule has 0 saturated carbocycles. The number of fused-ring (bicyclic) bond motifs is 1. The molecule has 1 aromatic rings. The van der Waals surface area contributed by atoms with Crippen molar-refractivity contribution in [1.82, 2.24) is 10.3 Å². The van der Waals surface area contributed by atoms with Gasteiger partial charge in [-0.25, -0.2) is 9.78 Å². The standard InChI is InChI=1S/C23H32N4O5/c24-16-23(9-14-32-15-10-23)22(30)27-19(21(28)29)8-13-31-12-2-1-5-18-7-6-17-4-3-11-25-20(17)26-18/h6-7,19H,1-5,8-15H2,(H,25,26)(H,27,30)(H,28,29). The Morgan fingerprint density at radius 1 is 1.31 bits per heavy atom. The average Bonchev–Trinajstić information content (AvgIpc) is 2.82. The van der Waals surface area contributed by atoms with Gasteiger partial charge < -0.3 is 25.2 Å². The van der Waals surface area contributed by atoms with Crippen LogP contribution in [0.4, 0.5) is 5.82 Å². The van der Waals surface area contributed by atoms with Crippen LogP contribution in [0.15, 0.2) is 12.1 Å². The van der Waals surface area contributed by atoms with E-state index in [-0.39, 0.29) is 25.9 Å². The first-order valence-corrected chi connectivity index (χ1v) is 11.4. The number of nitrogens with zero attached hydrogens (tertiary/aromatic N) is 2. The maximum absolute atomic E-state index is 12.6. The van der Waals surface area contributed by atoms with Crippen LogP contribution in [0.2, 0.25) is 0 Å². The van der Waals surface area contributed by atoms with Crippen LogP contribution in [0.25, 0.3) is 0 Å². The number of carbonyl (C=O) groups is 2. The number of nitriles is 1. The minimum absolute atomic E-state index is 0.150. The summed E-state index contributed by atoms with van der Waals surface area (Å²) in [5, 5.41) is 24.8. The molecular weight excluding hydrogens is 412 g/mol. The number of carboxylic acids is 1. The number of aliphatic carboxylic acids is 1. The van der Waals surface area contributed by atoms with Crippen molar-refractivity contribution < 1.29 is 24.2 Å². The Bertz CT molecular complexity index is 832. The Kier molecular flexibility index (Phi) is 8.82. The molecule has 2 aliphatic rings. The molecule has 9 heteroatoms. The molecule has 0 radical (unpaired) electrons. The highest BCUT2D eigenvalue weighted by Crippen LogP contribution is 2.30. The van der Waals surface area contributed by atoms with Gasteiger partial charge in [0.05, 0.1) is 6.07 Å². The maximum Gasteiger partial charge on any atom is 0.326 e. The molecule has 0 aliphatic carbocycles. The van der Waals surface area contributed by atoms with Crippen LogP contribution in [0.3, 0.4) is 0 Å². The summed E-state index contributed by atoms with van der Waals surface area (Å²) in [7, 11) is 0. The lowest BCUT2D eigenvalue weighted by molar-refractivity contribution is -0.144. The molecule has 1 aromatic heterocycles. The molecular formula is C23H32N4O5. The van der Waals surface area contributed by atoms with Gasteiger partial charge in [-0.1, -0.05) is 6.07 Å². The minimum atomic E-state index is -1.22. The molecule has 3 N–H and O–H groups in total. The molecule has 9 nitrogen and oxygen atoms in total. The number of hydrogen-bond donors (Lipinski definition) is 3. The predicted octanol–water partition coefficient (Wildman–Crippen LogP) is 2.06. The third-order valence-electron chi connectivity index (χ3n) is 6.07. The number of anilines is 1. The molecule has 1 fully saturated rings. The normalized spacial score (nSPS) is 18.0. The molecule has 174 valence electrons. The van der Waals surface area contributed by atoms with Crippen molar-refractivity contribution in [1.29, 1.82) is 5.26 Å². The van der Waals surface area contributed by atoms with Crippen LogP contribution in [0.5, 0.6) is 0 Å². The number of pyridine rings is 1. The number of aromatic nitrogens is 1. The lowest BCUT2D eigenvalue weighted by Gasteiger charge is -2.30.